The van der Waals surface area contributed by atoms with Crippen LogP contribution >= 0.6 is 22.6 Å². The molecule has 0 aromatic heterocycles. The molecule has 98 valence electrons. The average molecular weight is 364 g/mol. The van der Waals surface area contributed by atoms with Crippen LogP contribution in [0.25, 0.3) is 0 Å². The van der Waals surface area contributed by atoms with E-state index in [1.807, 2.05) is 6.07 Å². The lowest BCUT2D eigenvalue weighted by Gasteiger charge is -2.14. The van der Waals surface area contributed by atoms with Crippen LogP contribution in [0.15, 0.2) is 6.07 Å². The van der Waals surface area contributed by atoms with E-state index in [4.69, 9.17) is 18.9 Å². The van der Waals surface area contributed by atoms with Crippen LogP contribution in [0.5, 0.6) is 11.5 Å². The summed E-state index contributed by atoms with van der Waals surface area (Å²) in [5.74, 6) is 1.33. The Hall–Kier alpha value is -0.860. The molecule has 0 amide bonds. The zero-order chi connectivity index (χ0) is 13.1. The fourth-order valence-electron chi connectivity index (χ4n) is 1.86. The summed E-state index contributed by atoms with van der Waals surface area (Å²) in [4.78, 5) is 10.9. The summed E-state index contributed by atoms with van der Waals surface area (Å²) in [7, 11) is 3.13. The number of benzene rings is 1. The van der Waals surface area contributed by atoms with Crippen molar-refractivity contribution in [2.75, 3.05) is 21.0 Å². The van der Waals surface area contributed by atoms with Crippen LogP contribution < -0.4 is 9.47 Å². The maximum Gasteiger partial charge on any atom is 0.188 e. The van der Waals surface area contributed by atoms with Crippen LogP contribution in [0, 0.1) is 3.57 Å². The summed E-state index contributed by atoms with van der Waals surface area (Å²) >= 11 is 2.14. The molecule has 18 heavy (non-hydrogen) atoms. The zero-order valence-corrected chi connectivity index (χ0v) is 12.2. The summed E-state index contributed by atoms with van der Waals surface area (Å²) in [6.45, 7) is 0.499. The van der Waals surface area contributed by atoms with E-state index in [0.29, 0.717) is 18.1 Å². The molecule has 0 fully saturated rings. The molecule has 1 heterocycles. The number of hydrogen-bond acceptors (Lipinski definition) is 5. The number of ether oxygens (including phenoxy) is 4. The first kappa shape index (κ1) is 13.6. The number of fused-ring (bicyclic) bond motifs is 1. The number of aldehydes is 1. The molecule has 1 aliphatic heterocycles. The van der Waals surface area contributed by atoms with Gasteiger partial charge >= 0.3 is 0 Å². The summed E-state index contributed by atoms with van der Waals surface area (Å²) in [6.07, 6.45) is 0.230. The van der Waals surface area contributed by atoms with Gasteiger partial charge in [-0.25, -0.2) is 0 Å². The van der Waals surface area contributed by atoms with Crippen molar-refractivity contribution in [3.8, 4) is 11.5 Å². The normalized spacial score (nSPS) is 17.4. The number of carbonyl (C=O) groups is 1. The van der Waals surface area contributed by atoms with Crippen molar-refractivity contribution in [3.05, 3.63) is 20.8 Å². The molecule has 0 radical (unpaired) electrons. The lowest BCUT2D eigenvalue weighted by Crippen LogP contribution is -2.05. The molecule has 1 atom stereocenters. The van der Waals surface area contributed by atoms with Gasteiger partial charge in [-0.2, -0.15) is 0 Å². The Labute approximate surface area is 118 Å². The van der Waals surface area contributed by atoms with E-state index in [0.717, 1.165) is 21.0 Å². The van der Waals surface area contributed by atoms with Gasteiger partial charge in [-0.05, 0) is 28.7 Å². The lowest BCUT2D eigenvalue weighted by atomic mass is 10.0. The van der Waals surface area contributed by atoms with Crippen LogP contribution in [-0.2, 0) is 20.9 Å². The van der Waals surface area contributed by atoms with E-state index in [1.165, 1.54) is 0 Å². The molecule has 0 saturated carbocycles. The molecule has 1 unspecified atom stereocenters. The standard InChI is InChI=1S/C12H13IO5/c1-15-6-18-12-8-5-17-10(4-14)7(8)3-9(16-2)11(12)13/h3-4,10H,5-6H2,1-2H3. The average Bonchev–Trinajstić information content (AvgIpc) is 2.79. The summed E-state index contributed by atoms with van der Waals surface area (Å²) in [5, 5.41) is 0. The number of rotatable bonds is 5. The van der Waals surface area contributed by atoms with Crippen LogP contribution in [0.3, 0.4) is 0 Å². The Balaban J connectivity index is 2.49. The number of halogens is 1. The smallest absolute Gasteiger partial charge is 0.188 e. The molecule has 0 N–H and O–H groups in total. The van der Waals surface area contributed by atoms with Gasteiger partial charge in [0.2, 0.25) is 0 Å². The maximum absolute atomic E-state index is 10.9. The first-order valence-corrected chi connectivity index (χ1v) is 6.38. The second kappa shape index (κ2) is 5.85. The Morgan fingerprint density at radius 2 is 2.33 bits per heavy atom. The van der Waals surface area contributed by atoms with E-state index < -0.39 is 6.10 Å². The van der Waals surface area contributed by atoms with Gasteiger partial charge in [0.15, 0.2) is 13.1 Å². The number of methoxy groups -OCH3 is 2. The number of hydrogen-bond donors (Lipinski definition) is 0. The topological polar surface area (TPSA) is 54.0 Å². The quantitative estimate of drug-likeness (QED) is 0.455. The molecule has 6 heteroatoms. The van der Waals surface area contributed by atoms with E-state index in [1.54, 1.807) is 14.2 Å². The van der Waals surface area contributed by atoms with E-state index in [-0.39, 0.29) is 6.79 Å². The van der Waals surface area contributed by atoms with Crippen molar-refractivity contribution in [3.63, 3.8) is 0 Å². The minimum absolute atomic E-state index is 0.140. The minimum atomic E-state index is -0.546. The Kier molecular flexibility index (Phi) is 4.41. The third-order valence-electron chi connectivity index (χ3n) is 2.70. The predicted octanol–water partition coefficient (Wildman–Crippen LogP) is 2.05. The SMILES string of the molecule is COCOc1c(I)c(OC)cc2c1COC2C=O. The summed E-state index contributed by atoms with van der Waals surface area (Å²) in [6, 6.07) is 1.82. The molecule has 5 nitrogen and oxygen atoms in total. The number of carbonyl (C=O) groups excluding carboxylic acids is 1. The largest absolute Gasteiger partial charge is 0.495 e. The predicted molar refractivity (Wildman–Crippen MR) is 71.8 cm³/mol. The van der Waals surface area contributed by atoms with E-state index >= 15 is 0 Å². The van der Waals surface area contributed by atoms with Gasteiger partial charge in [0.25, 0.3) is 0 Å². The highest BCUT2D eigenvalue weighted by Crippen LogP contribution is 2.43. The van der Waals surface area contributed by atoms with Crippen molar-refractivity contribution in [1.29, 1.82) is 0 Å². The summed E-state index contributed by atoms with van der Waals surface area (Å²) in [5.41, 5.74) is 1.68. The fourth-order valence-corrected chi connectivity index (χ4v) is 2.72. The van der Waals surface area contributed by atoms with E-state index in [2.05, 4.69) is 22.6 Å². The van der Waals surface area contributed by atoms with Gasteiger partial charge in [-0.15, -0.1) is 0 Å². The fraction of sp³-hybridized carbons (Fsp3) is 0.417. The molecular weight excluding hydrogens is 351 g/mol. The third kappa shape index (κ3) is 2.32. The van der Waals surface area contributed by atoms with Crippen molar-refractivity contribution in [1.82, 2.24) is 0 Å². The molecule has 1 aromatic rings. The highest BCUT2D eigenvalue weighted by molar-refractivity contribution is 14.1. The van der Waals surface area contributed by atoms with Crippen LogP contribution in [0.2, 0.25) is 0 Å². The molecule has 2 rings (SSSR count). The first-order chi connectivity index (χ1) is 8.72. The third-order valence-corrected chi connectivity index (χ3v) is 3.72. The first-order valence-electron chi connectivity index (χ1n) is 5.30. The molecular formula is C12H13IO5. The summed E-state index contributed by atoms with van der Waals surface area (Å²) < 4.78 is 22.0. The van der Waals surface area contributed by atoms with Crippen LogP contribution in [0.4, 0.5) is 0 Å². The van der Waals surface area contributed by atoms with E-state index in [9.17, 15) is 4.79 Å². The van der Waals surface area contributed by atoms with Crippen molar-refractivity contribution < 1.29 is 23.7 Å². The van der Waals surface area contributed by atoms with Crippen LogP contribution in [0.1, 0.15) is 17.2 Å². The van der Waals surface area contributed by atoms with Gasteiger partial charge in [0.1, 0.15) is 17.6 Å². The second-order valence-corrected chi connectivity index (χ2v) is 4.79. The molecule has 1 aromatic carbocycles. The van der Waals surface area contributed by atoms with Crippen molar-refractivity contribution in [2.24, 2.45) is 0 Å². The van der Waals surface area contributed by atoms with Crippen molar-refractivity contribution >= 4 is 28.9 Å². The molecule has 0 saturated heterocycles. The van der Waals surface area contributed by atoms with Gasteiger partial charge in [0.05, 0.1) is 17.3 Å². The van der Waals surface area contributed by atoms with Gasteiger partial charge in [0, 0.05) is 18.2 Å². The molecule has 0 bridgehead atoms. The molecule has 0 spiro atoms. The highest BCUT2D eigenvalue weighted by Gasteiger charge is 2.29. The van der Waals surface area contributed by atoms with Crippen molar-refractivity contribution in [2.45, 2.75) is 12.7 Å². The van der Waals surface area contributed by atoms with Gasteiger partial charge in [-0.3, -0.25) is 0 Å². The second-order valence-electron chi connectivity index (χ2n) is 3.71. The molecule has 1 aliphatic rings. The monoisotopic (exact) mass is 364 g/mol. The highest BCUT2D eigenvalue weighted by atomic mass is 127. The Bertz CT molecular complexity index is 460. The zero-order valence-electron chi connectivity index (χ0n) is 10.1. The molecule has 0 aliphatic carbocycles. The Morgan fingerprint density at radius 1 is 1.56 bits per heavy atom. The van der Waals surface area contributed by atoms with Gasteiger partial charge in [-0.1, -0.05) is 0 Å². The van der Waals surface area contributed by atoms with Gasteiger partial charge < -0.3 is 23.7 Å². The minimum Gasteiger partial charge on any atom is -0.495 e. The Morgan fingerprint density at radius 3 is 2.94 bits per heavy atom. The van der Waals surface area contributed by atoms with Crippen LogP contribution in [-0.4, -0.2) is 27.3 Å². The maximum atomic E-state index is 10.9. The lowest BCUT2D eigenvalue weighted by molar-refractivity contribution is -0.117.